The van der Waals surface area contributed by atoms with Gasteiger partial charge in [0.2, 0.25) is 0 Å². The average molecular weight is 229 g/mol. The van der Waals surface area contributed by atoms with Crippen LogP contribution in [0.25, 0.3) is 0 Å². The molecule has 0 spiro atoms. The lowest BCUT2D eigenvalue weighted by Crippen LogP contribution is -2.31. The Bertz CT molecular complexity index is 344. The quantitative estimate of drug-likeness (QED) is 0.786. The molecule has 0 aliphatic rings. The molecular weight excluding hydrogens is 216 g/mol. The van der Waals surface area contributed by atoms with Gasteiger partial charge in [0.1, 0.15) is 6.04 Å². The summed E-state index contributed by atoms with van der Waals surface area (Å²) in [6.07, 6.45) is 4.44. The minimum absolute atomic E-state index is 0.398. The summed E-state index contributed by atoms with van der Waals surface area (Å²) in [6.45, 7) is 0. The van der Waals surface area contributed by atoms with E-state index in [2.05, 4.69) is 9.72 Å². The van der Waals surface area contributed by atoms with Crippen molar-refractivity contribution in [3.05, 3.63) is 29.0 Å². The van der Waals surface area contributed by atoms with Crippen LogP contribution in [0.4, 0.5) is 0 Å². The number of carbonyl (C=O) groups excluding carboxylic acids is 1. The molecule has 1 rings (SSSR count). The van der Waals surface area contributed by atoms with E-state index in [0.717, 1.165) is 5.56 Å². The maximum Gasteiger partial charge on any atom is 0.322 e. The monoisotopic (exact) mass is 228 g/mol. The molecular formula is C10H13ClN2O2. The minimum Gasteiger partial charge on any atom is -0.468 e. The number of methoxy groups -OCH3 is 1. The molecule has 0 aliphatic carbocycles. The van der Waals surface area contributed by atoms with Crippen LogP contribution in [-0.2, 0) is 16.0 Å². The standard InChI is InChI=1S/C10H13ClN2O2/c1-15-10(14)9(12)3-2-7-4-8(11)6-13-5-7/h4-6,9H,2-3,12H2,1H3. The van der Waals surface area contributed by atoms with Gasteiger partial charge in [-0.25, -0.2) is 0 Å². The van der Waals surface area contributed by atoms with E-state index in [1.807, 2.05) is 0 Å². The Morgan fingerprint density at radius 2 is 2.40 bits per heavy atom. The summed E-state index contributed by atoms with van der Waals surface area (Å²) in [6, 6.07) is 1.22. The molecule has 2 N–H and O–H groups in total. The number of rotatable bonds is 4. The molecule has 4 nitrogen and oxygen atoms in total. The Hall–Kier alpha value is -1.13. The Balaban J connectivity index is 2.47. The molecule has 0 amide bonds. The molecule has 1 aromatic rings. The molecule has 1 aromatic heterocycles. The van der Waals surface area contributed by atoms with Gasteiger partial charge in [0.15, 0.2) is 0 Å². The van der Waals surface area contributed by atoms with Crippen LogP contribution in [0.15, 0.2) is 18.5 Å². The summed E-state index contributed by atoms with van der Waals surface area (Å²) in [5.74, 6) is -0.398. The Kier molecular flexibility index (Phi) is 4.52. The third-order valence-electron chi connectivity index (χ3n) is 2.01. The van der Waals surface area contributed by atoms with Gasteiger partial charge in [-0.3, -0.25) is 9.78 Å². The molecule has 0 bridgehead atoms. The number of aryl methyl sites for hydroxylation is 1. The zero-order valence-corrected chi connectivity index (χ0v) is 9.20. The van der Waals surface area contributed by atoms with Gasteiger partial charge in [0.25, 0.3) is 0 Å². The van der Waals surface area contributed by atoms with Gasteiger partial charge >= 0.3 is 5.97 Å². The first-order chi connectivity index (χ1) is 7.13. The number of nitrogens with zero attached hydrogens (tertiary/aromatic N) is 1. The van der Waals surface area contributed by atoms with Crippen molar-refractivity contribution >= 4 is 17.6 Å². The predicted octanol–water partition coefficient (Wildman–Crippen LogP) is 1.17. The van der Waals surface area contributed by atoms with E-state index in [4.69, 9.17) is 17.3 Å². The number of ether oxygens (including phenoxy) is 1. The van der Waals surface area contributed by atoms with Crippen LogP contribution in [-0.4, -0.2) is 24.1 Å². The number of hydrogen-bond acceptors (Lipinski definition) is 4. The lowest BCUT2D eigenvalue weighted by atomic mass is 10.1. The van der Waals surface area contributed by atoms with Crippen molar-refractivity contribution in [3.8, 4) is 0 Å². The molecule has 5 heteroatoms. The maximum atomic E-state index is 11.0. The summed E-state index contributed by atoms with van der Waals surface area (Å²) in [5.41, 5.74) is 6.55. The van der Waals surface area contributed by atoms with E-state index in [0.29, 0.717) is 17.9 Å². The van der Waals surface area contributed by atoms with Crippen LogP contribution in [0.3, 0.4) is 0 Å². The van der Waals surface area contributed by atoms with Crippen LogP contribution in [0, 0.1) is 0 Å². The zero-order chi connectivity index (χ0) is 11.3. The summed E-state index contributed by atoms with van der Waals surface area (Å²) in [5, 5.41) is 0.583. The lowest BCUT2D eigenvalue weighted by Gasteiger charge is -2.08. The number of aromatic nitrogens is 1. The molecule has 0 fully saturated rings. The smallest absolute Gasteiger partial charge is 0.322 e. The molecule has 1 atom stereocenters. The normalized spacial score (nSPS) is 12.2. The minimum atomic E-state index is -0.589. The van der Waals surface area contributed by atoms with Crippen molar-refractivity contribution in [2.24, 2.45) is 5.73 Å². The second-order valence-electron chi connectivity index (χ2n) is 3.18. The third kappa shape index (κ3) is 3.85. The zero-order valence-electron chi connectivity index (χ0n) is 8.44. The molecule has 15 heavy (non-hydrogen) atoms. The number of carbonyl (C=O) groups is 1. The van der Waals surface area contributed by atoms with Crippen LogP contribution in [0.2, 0.25) is 5.02 Å². The maximum absolute atomic E-state index is 11.0. The molecule has 1 unspecified atom stereocenters. The molecule has 1 heterocycles. The second kappa shape index (κ2) is 5.68. The van der Waals surface area contributed by atoms with Crippen molar-refractivity contribution in [3.63, 3.8) is 0 Å². The highest BCUT2D eigenvalue weighted by Gasteiger charge is 2.13. The van der Waals surface area contributed by atoms with E-state index in [1.165, 1.54) is 7.11 Å². The van der Waals surface area contributed by atoms with Gasteiger partial charge in [-0.05, 0) is 24.5 Å². The Morgan fingerprint density at radius 3 is 3.00 bits per heavy atom. The van der Waals surface area contributed by atoms with E-state index in [-0.39, 0.29) is 0 Å². The number of esters is 1. The highest BCUT2D eigenvalue weighted by molar-refractivity contribution is 6.30. The number of pyridine rings is 1. The molecule has 0 radical (unpaired) electrons. The highest BCUT2D eigenvalue weighted by atomic mass is 35.5. The van der Waals surface area contributed by atoms with Crippen molar-refractivity contribution in [2.75, 3.05) is 7.11 Å². The molecule has 0 saturated carbocycles. The van der Waals surface area contributed by atoms with Crippen LogP contribution in [0.1, 0.15) is 12.0 Å². The van der Waals surface area contributed by atoms with Gasteiger partial charge in [-0.15, -0.1) is 0 Å². The van der Waals surface area contributed by atoms with Crippen molar-refractivity contribution < 1.29 is 9.53 Å². The predicted molar refractivity (Wildman–Crippen MR) is 57.6 cm³/mol. The number of hydrogen-bond donors (Lipinski definition) is 1. The number of nitrogens with two attached hydrogens (primary N) is 1. The van der Waals surface area contributed by atoms with E-state index in [9.17, 15) is 4.79 Å². The first-order valence-electron chi connectivity index (χ1n) is 4.56. The first-order valence-corrected chi connectivity index (χ1v) is 4.94. The van der Waals surface area contributed by atoms with Gasteiger partial charge < -0.3 is 10.5 Å². The van der Waals surface area contributed by atoms with Gasteiger partial charge in [0.05, 0.1) is 12.1 Å². The van der Waals surface area contributed by atoms with Gasteiger partial charge in [0, 0.05) is 12.4 Å². The van der Waals surface area contributed by atoms with E-state index >= 15 is 0 Å². The van der Waals surface area contributed by atoms with Crippen molar-refractivity contribution in [1.29, 1.82) is 0 Å². The fraction of sp³-hybridized carbons (Fsp3) is 0.400. The Morgan fingerprint density at radius 1 is 1.67 bits per heavy atom. The molecule has 0 aromatic carbocycles. The van der Waals surface area contributed by atoms with E-state index < -0.39 is 12.0 Å². The summed E-state index contributed by atoms with van der Waals surface area (Å²) < 4.78 is 4.52. The molecule has 0 aliphatic heterocycles. The SMILES string of the molecule is COC(=O)C(N)CCc1cncc(Cl)c1. The number of halogens is 1. The summed E-state index contributed by atoms with van der Waals surface area (Å²) in [7, 11) is 1.32. The third-order valence-corrected chi connectivity index (χ3v) is 2.22. The summed E-state index contributed by atoms with van der Waals surface area (Å²) in [4.78, 5) is 14.9. The van der Waals surface area contributed by atoms with Gasteiger partial charge in [-0.1, -0.05) is 11.6 Å². The molecule has 82 valence electrons. The van der Waals surface area contributed by atoms with Crippen LogP contribution < -0.4 is 5.73 Å². The summed E-state index contributed by atoms with van der Waals surface area (Å²) >= 11 is 5.76. The van der Waals surface area contributed by atoms with Crippen LogP contribution in [0.5, 0.6) is 0 Å². The van der Waals surface area contributed by atoms with Crippen LogP contribution >= 0.6 is 11.6 Å². The Labute approximate surface area is 93.4 Å². The van der Waals surface area contributed by atoms with Crippen molar-refractivity contribution in [2.45, 2.75) is 18.9 Å². The lowest BCUT2D eigenvalue weighted by molar-refractivity contribution is -0.142. The van der Waals surface area contributed by atoms with Crippen molar-refractivity contribution in [1.82, 2.24) is 4.98 Å². The molecule has 0 saturated heterocycles. The topological polar surface area (TPSA) is 65.2 Å². The fourth-order valence-electron chi connectivity index (χ4n) is 1.18. The second-order valence-corrected chi connectivity index (χ2v) is 3.62. The van der Waals surface area contributed by atoms with Gasteiger partial charge in [-0.2, -0.15) is 0 Å². The largest absolute Gasteiger partial charge is 0.468 e. The first kappa shape index (κ1) is 11.9. The van der Waals surface area contributed by atoms with E-state index in [1.54, 1.807) is 18.5 Å². The fourth-order valence-corrected chi connectivity index (χ4v) is 1.38. The highest BCUT2D eigenvalue weighted by Crippen LogP contribution is 2.10. The average Bonchev–Trinajstić information content (AvgIpc) is 2.25.